The molecule has 3 heteroatoms. The number of hydrogen-bond acceptors (Lipinski definition) is 2. The van der Waals surface area contributed by atoms with Gasteiger partial charge in [-0.3, -0.25) is 0 Å². The van der Waals surface area contributed by atoms with Gasteiger partial charge in [0, 0.05) is 24.6 Å². The third-order valence-electron chi connectivity index (χ3n) is 3.84. The second-order valence-electron chi connectivity index (χ2n) is 5.68. The quantitative estimate of drug-likeness (QED) is 0.866. The molecule has 2 nitrogen and oxygen atoms in total. The fourth-order valence-corrected chi connectivity index (χ4v) is 2.67. The summed E-state index contributed by atoms with van der Waals surface area (Å²) in [6, 6.07) is 5.34. The molecule has 2 aliphatic rings. The molecule has 98 valence electrons. The number of hydrogen-bond donors (Lipinski definition) is 1. The van der Waals surface area contributed by atoms with Crippen molar-refractivity contribution in [3.05, 3.63) is 29.6 Å². The van der Waals surface area contributed by atoms with E-state index in [-0.39, 0.29) is 11.9 Å². The average molecular weight is 249 g/mol. The first-order chi connectivity index (χ1) is 8.70. The Labute approximate surface area is 108 Å². The van der Waals surface area contributed by atoms with E-state index in [0.29, 0.717) is 6.04 Å². The van der Waals surface area contributed by atoms with Crippen LogP contribution < -0.4 is 10.1 Å². The highest BCUT2D eigenvalue weighted by atomic mass is 19.1. The molecule has 0 bridgehead atoms. The van der Waals surface area contributed by atoms with Crippen LogP contribution >= 0.6 is 0 Å². The molecule has 18 heavy (non-hydrogen) atoms. The SMILES string of the molecule is CC(CC1CC1)NCC1Cc2cc(F)ccc2O1. The summed E-state index contributed by atoms with van der Waals surface area (Å²) in [7, 11) is 0. The molecule has 2 unspecified atom stereocenters. The molecule has 0 radical (unpaired) electrons. The lowest BCUT2D eigenvalue weighted by atomic mass is 10.1. The Hall–Kier alpha value is -1.09. The van der Waals surface area contributed by atoms with E-state index in [1.165, 1.54) is 25.3 Å². The molecule has 1 aromatic rings. The van der Waals surface area contributed by atoms with Crippen molar-refractivity contribution in [1.29, 1.82) is 0 Å². The standard InChI is InChI=1S/C15H20FNO/c1-10(6-11-2-3-11)17-9-14-8-12-7-13(16)4-5-15(12)18-14/h4-5,7,10-11,14,17H,2-3,6,8-9H2,1H3. The summed E-state index contributed by atoms with van der Waals surface area (Å²) >= 11 is 0. The van der Waals surface area contributed by atoms with Gasteiger partial charge in [0.1, 0.15) is 17.7 Å². The molecule has 0 aromatic heterocycles. The minimum atomic E-state index is -0.173. The van der Waals surface area contributed by atoms with E-state index in [1.807, 2.05) is 0 Å². The molecule has 1 N–H and O–H groups in total. The summed E-state index contributed by atoms with van der Waals surface area (Å²) in [4.78, 5) is 0. The molecule has 3 rings (SSSR count). The Morgan fingerprint density at radius 3 is 3.06 bits per heavy atom. The van der Waals surface area contributed by atoms with Crippen LogP contribution in [-0.2, 0) is 6.42 Å². The molecule has 0 amide bonds. The normalized spacial score (nSPS) is 23.6. The fourth-order valence-electron chi connectivity index (χ4n) is 2.67. The van der Waals surface area contributed by atoms with Crippen LogP contribution in [0.3, 0.4) is 0 Å². The number of nitrogens with one attached hydrogen (secondary N) is 1. The first-order valence-corrected chi connectivity index (χ1v) is 6.89. The average Bonchev–Trinajstić information content (AvgIpc) is 3.04. The monoisotopic (exact) mass is 249 g/mol. The van der Waals surface area contributed by atoms with Crippen LogP contribution in [0.5, 0.6) is 5.75 Å². The van der Waals surface area contributed by atoms with E-state index in [2.05, 4.69) is 12.2 Å². The molecule has 1 aliphatic carbocycles. The van der Waals surface area contributed by atoms with Crippen LogP contribution in [0.2, 0.25) is 0 Å². The first-order valence-electron chi connectivity index (χ1n) is 6.89. The van der Waals surface area contributed by atoms with E-state index in [1.54, 1.807) is 12.1 Å². The maximum Gasteiger partial charge on any atom is 0.123 e. The third-order valence-corrected chi connectivity index (χ3v) is 3.84. The molecule has 1 aromatic carbocycles. The van der Waals surface area contributed by atoms with Crippen molar-refractivity contribution in [2.75, 3.05) is 6.54 Å². The second-order valence-corrected chi connectivity index (χ2v) is 5.68. The highest BCUT2D eigenvalue weighted by molar-refractivity contribution is 5.37. The van der Waals surface area contributed by atoms with Crippen molar-refractivity contribution in [1.82, 2.24) is 5.32 Å². The van der Waals surface area contributed by atoms with Gasteiger partial charge in [-0.15, -0.1) is 0 Å². The zero-order valence-electron chi connectivity index (χ0n) is 10.8. The molecule has 0 saturated heterocycles. The van der Waals surface area contributed by atoms with Crippen molar-refractivity contribution >= 4 is 0 Å². The number of rotatable bonds is 5. The maximum atomic E-state index is 13.1. The zero-order valence-corrected chi connectivity index (χ0v) is 10.8. The summed E-state index contributed by atoms with van der Waals surface area (Å²) in [6.45, 7) is 3.09. The lowest BCUT2D eigenvalue weighted by Gasteiger charge is -2.17. The predicted octanol–water partition coefficient (Wildman–Crippen LogP) is 2.91. The van der Waals surface area contributed by atoms with Crippen molar-refractivity contribution in [2.45, 2.75) is 44.8 Å². The summed E-state index contributed by atoms with van der Waals surface area (Å²) in [5, 5.41) is 3.53. The Kier molecular flexibility index (Phi) is 3.25. The minimum absolute atomic E-state index is 0.156. The van der Waals surface area contributed by atoms with E-state index in [0.717, 1.165) is 30.2 Å². The Morgan fingerprint density at radius 2 is 2.28 bits per heavy atom. The van der Waals surface area contributed by atoms with Crippen LogP contribution in [0.4, 0.5) is 4.39 Å². The van der Waals surface area contributed by atoms with Gasteiger partial charge in [-0.25, -0.2) is 4.39 Å². The van der Waals surface area contributed by atoms with Gasteiger partial charge in [0.05, 0.1) is 0 Å². The van der Waals surface area contributed by atoms with Crippen LogP contribution in [-0.4, -0.2) is 18.7 Å². The Morgan fingerprint density at radius 1 is 1.44 bits per heavy atom. The van der Waals surface area contributed by atoms with Crippen molar-refractivity contribution in [2.24, 2.45) is 5.92 Å². The summed E-state index contributed by atoms with van der Waals surface area (Å²) < 4.78 is 18.9. The number of benzene rings is 1. The van der Waals surface area contributed by atoms with Crippen LogP contribution in [0.25, 0.3) is 0 Å². The van der Waals surface area contributed by atoms with Gasteiger partial charge in [0.15, 0.2) is 0 Å². The topological polar surface area (TPSA) is 21.3 Å². The van der Waals surface area contributed by atoms with Gasteiger partial charge in [0.25, 0.3) is 0 Å². The van der Waals surface area contributed by atoms with Crippen LogP contribution in [0.15, 0.2) is 18.2 Å². The lowest BCUT2D eigenvalue weighted by molar-refractivity contribution is 0.220. The Bertz CT molecular complexity index is 431. The number of halogens is 1. The Balaban J connectivity index is 1.48. The van der Waals surface area contributed by atoms with E-state index in [9.17, 15) is 4.39 Å². The maximum absolute atomic E-state index is 13.1. The second kappa shape index (κ2) is 4.88. The molecule has 0 spiro atoms. The van der Waals surface area contributed by atoms with Crippen LogP contribution in [0, 0.1) is 11.7 Å². The summed E-state index contributed by atoms with van der Waals surface area (Å²) in [5.41, 5.74) is 0.997. The zero-order chi connectivity index (χ0) is 12.5. The summed E-state index contributed by atoms with van der Waals surface area (Å²) in [5.74, 6) is 1.62. The lowest BCUT2D eigenvalue weighted by Crippen LogP contribution is -2.36. The first kappa shape index (κ1) is 12.0. The van der Waals surface area contributed by atoms with E-state index >= 15 is 0 Å². The highest BCUT2D eigenvalue weighted by Gasteiger charge is 2.26. The minimum Gasteiger partial charge on any atom is -0.488 e. The molecule has 1 aliphatic heterocycles. The van der Waals surface area contributed by atoms with Gasteiger partial charge >= 0.3 is 0 Å². The molecule has 1 heterocycles. The predicted molar refractivity (Wildman–Crippen MR) is 69.3 cm³/mol. The van der Waals surface area contributed by atoms with Gasteiger partial charge in [-0.05, 0) is 37.5 Å². The van der Waals surface area contributed by atoms with Crippen molar-refractivity contribution < 1.29 is 9.13 Å². The van der Waals surface area contributed by atoms with Crippen molar-refractivity contribution in [3.8, 4) is 5.75 Å². The molecular weight excluding hydrogens is 229 g/mol. The van der Waals surface area contributed by atoms with E-state index < -0.39 is 0 Å². The van der Waals surface area contributed by atoms with E-state index in [4.69, 9.17) is 4.74 Å². The largest absolute Gasteiger partial charge is 0.488 e. The van der Waals surface area contributed by atoms with Crippen LogP contribution in [0.1, 0.15) is 31.7 Å². The smallest absolute Gasteiger partial charge is 0.123 e. The van der Waals surface area contributed by atoms with Gasteiger partial charge in [-0.2, -0.15) is 0 Å². The van der Waals surface area contributed by atoms with Crippen molar-refractivity contribution in [3.63, 3.8) is 0 Å². The molecule has 2 atom stereocenters. The van der Waals surface area contributed by atoms with Gasteiger partial charge < -0.3 is 10.1 Å². The summed E-state index contributed by atoms with van der Waals surface area (Å²) in [6.07, 6.45) is 5.04. The third kappa shape index (κ3) is 2.83. The molecular formula is C15H20FNO. The fraction of sp³-hybridized carbons (Fsp3) is 0.600. The number of fused-ring (bicyclic) bond motifs is 1. The number of ether oxygens (including phenoxy) is 1. The highest BCUT2D eigenvalue weighted by Crippen LogP contribution is 2.33. The molecule has 1 fully saturated rings. The van der Waals surface area contributed by atoms with Gasteiger partial charge in [-0.1, -0.05) is 12.8 Å². The molecule has 1 saturated carbocycles. The van der Waals surface area contributed by atoms with Gasteiger partial charge in [0.2, 0.25) is 0 Å².